The number of benzene rings is 2. The van der Waals surface area contributed by atoms with Crippen LogP contribution in [0.1, 0.15) is 40.2 Å². The van der Waals surface area contributed by atoms with Gasteiger partial charge in [0.15, 0.2) is 8.32 Å². The molecule has 0 saturated carbocycles. The standard InChI is InChI=1S/C34H46F2N4O4Si/c1-23(2)29(39-28(41)22-40-27(19-18-26(37)31(40)42)25-16-12-9-13-17-25)30(44-45(6,7)33(3,4)5)34(35,36)32(43)38-21-20-24-14-10-8-11-15-24/h8-19,23,29-30H,20-22,37H2,1-7H3,(H,38,43)(H,39,41). The third-order valence-electron chi connectivity index (χ3n) is 8.38. The maximum absolute atomic E-state index is 16.3. The highest BCUT2D eigenvalue weighted by Crippen LogP contribution is 2.40. The zero-order valence-electron chi connectivity index (χ0n) is 27.2. The lowest BCUT2D eigenvalue weighted by Crippen LogP contribution is -2.63. The summed E-state index contributed by atoms with van der Waals surface area (Å²) in [6.07, 6.45) is -1.59. The van der Waals surface area contributed by atoms with Crippen LogP contribution < -0.4 is 21.9 Å². The number of rotatable bonds is 13. The van der Waals surface area contributed by atoms with Crippen LogP contribution in [-0.4, -0.2) is 49.3 Å². The molecule has 0 fully saturated rings. The first-order valence-electron chi connectivity index (χ1n) is 15.2. The van der Waals surface area contributed by atoms with Crippen LogP contribution in [0.3, 0.4) is 0 Å². The highest BCUT2D eigenvalue weighted by Gasteiger charge is 2.55. The number of anilines is 1. The summed E-state index contributed by atoms with van der Waals surface area (Å²) in [5.74, 6) is -6.71. The predicted octanol–water partition coefficient (Wildman–Crippen LogP) is 5.62. The molecule has 45 heavy (non-hydrogen) atoms. The first-order chi connectivity index (χ1) is 21.0. The molecular weight excluding hydrogens is 594 g/mol. The van der Waals surface area contributed by atoms with E-state index in [-0.39, 0.29) is 12.2 Å². The molecule has 0 spiro atoms. The molecule has 244 valence electrons. The van der Waals surface area contributed by atoms with Crippen molar-refractivity contribution in [1.29, 1.82) is 0 Å². The lowest BCUT2D eigenvalue weighted by Gasteiger charge is -2.44. The van der Waals surface area contributed by atoms with Gasteiger partial charge in [0, 0.05) is 6.54 Å². The number of aromatic nitrogens is 1. The van der Waals surface area contributed by atoms with E-state index in [0.717, 1.165) is 5.56 Å². The van der Waals surface area contributed by atoms with Crippen LogP contribution in [0.5, 0.6) is 0 Å². The number of halogens is 2. The van der Waals surface area contributed by atoms with Crippen LogP contribution >= 0.6 is 0 Å². The molecule has 2 amide bonds. The van der Waals surface area contributed by atoms with Gasteiger partial charge < -0.3 is 20.8 Å². The Balaban J connectivity index is 1.94. The average molecular weight is 641 g/mol. The Labute approximate surface area is 265 Å². The van der Waals surface area contributed by atoms with E-state index in [1.54, 1.807) is 44.2 Å². The first-order valence-corrected chi connectivity index (χ1v) is 18.1. The maximum atomic E-state index is 16.3. The van der Waals surface area contributed by atoms with Gasteiger partial charge in [-0.05, 0) is 53.7 Å². The summed E-state index contributed by atoms with van der Waals surface area (Å²) < 4.78 is 40.1. The minimum Gasteiger partial charge on any atom is -0.405 e. The van der Waals surface area contributed by atoms with Gasteiger partial charge in [-0.3, -0.25) is 19.0 Å². The van der Waals surface area contributed by atoms with Crippen LogP contribution in [0.25, 0.3) is 11.3 Å². The van der Waals surface area contributed by atoms with Crippen molar-refractivity contribution in [2.75, 3.05) is 12.3 Å². The average Bonchev–Trinajstić information content (AvgIpc) is 2.97. The highest BCUT2D eigenvalue weighted by molar-refractivity contribution is 6.74. The first kappa shape index (κ1) is 35.6. The molecule has 8 nitrogen and oxygen atoms in total. The molecular formula is C34H46F2N4O4Si. The fourth-order valence-electron chi connectivity index (χ4n) is 4.66. The van der Waals surface area contributed by atoms with E-state index in [4.69, 9.17) is 10.2 Å². The van der Waals surface area contributed by atoms with E-state index >= 15 is 8.78 Å². The van der Waals surface area contributed by atoms with Gasteiger partial charge in [-0.15, -0.1) is 0 Å². The fraction of sp³-hybridized carbons (Fsp3) is 0.441. The summed E-state index contributed by atoms with van der Waals surface area (Å²) in [5, 5.41) is 4.62. The van der Waals surface area contributed by atoms with Gasteiger partial charge in [-0.1, -0.05) is 95.3 Å². The number of nitrogens with zero attached hydrogens (tertiary/aromatic N) is 1. The van der Waals surface area contributed by atoms with E-state index in [0.29, 0.717) is 17.7 Å². The zero-order chi connectivity index (χ0) is 33.6. The van der Waals surface area contributed by atoms with Crippen molar-refractivity contribution >= 4 is 25.8 Å². The molecule has 0 aliphatic rings. The Hall–Kier alpha value is -3.83. The Morgan fingerprint density at radius 2 is 1.53 bits per heavy atom. The lowest BCUT2D eigenvalue weighted by atomic mass is 9.93. The van der Waals surface area contributed by atoms with Crippen molar-refractivity contribution in [3.8, 4) is 11.3 Å². The third-order valence-corrected chi connectivity index (χ3v) is 12.8. The Morgan fingerprint density at radius 3 is 2.09 bits per heavy atom. The van der Waals surface area contributed by atoms with Crippen molar-refractivity contribution in [3.05, 3.63) is 88.7 Å². The second kappa shape index (κ2) is 14.5. The molecule has 2 aromatic carbocycles. The molecule has 2 unspecified atom stereocenters. The van der Waals surface area contributed by atoms with Gasteiger partial charge in [-0.2, -0.15) is 8.78 Å². The van der Waals surface area contributed by atoms with Crippen LogP contribution in [-0.2, 0) is 27.0 Å². The number of pyridine rings is 1. The van der Waals surface area contributed by atoms with Crippen LogP contribution in [0.15, 0.2) is 77.6 Å². The van der Waals surface area contributed by atoms with Crippen molar-refractivity contribution in [1.82, 2.24) is 15.2 Å². The Bertz CT molecular complexity index is 1510. The van der Waals surface area contributed by atoms with E-state index in [9.17, 15) is 14.4 Å². The quantitative estimate of drug-likeness (QED) is 0.210. The number of carbonyl (C=O) groups is 2. The molecule has 0 aliphatic heterocycles. The van der Waals surface area contributed by atoms with Crippen LogP contribution in [0.4, 0.5) is 14.5 Å². The predicted molar refractivity (Wildman–Crippen MR) is 177 cm³/mol. The molecule has 4 N–H and O–H groups in total. The third kappa shape index (κ3) is 8.88. The molecule has 0 aliphatic carbocycles. The van der Waals surface area contributed by atoms with Gasteiger partial charge in [0.2, 0.25) is 5.91 Å². The van der Waals surface area contributed by atoms with E-state index < -0.39 is 61.3 Å². The summed E-state index contributed by atoms with van der Waals surface area (Å²) in [4.78, 5) is 39.8. The van der Waals surface area contributed by atoms with Gasteiger partial charge in [0.1, 0.15) is 12.6 Å². The fourth-order valence-corrected chi connectivity index (χ4v) is 5.94. The number of carbonyl (C=O) groups excluding carboxylic acids is 2. The minimum absolute atomic E-state index is 0.00453. The summed E-state index contributed by atoms with van der Waals surface area (Å²) >= 11 is 0. The zero-order valence-corrected chi connectivity index (χ0v) is 28.2. The van der Waals surface area contributed by atoms with Crippen LogP contribution in [0, 0.1) is 5.92 Å². The van der Waals surface area contributed by atoms with E-state index in [1.165, 1.54) is 10.6 Å². The lowest BCUT2D eigenvalue weighted by molar-refractivity contribution is -0.167. The Kier molecular flexibility index (Phi) is 11.5. The van der Waals surface area contributed by atoms with Crippen molar-refractivity contribution in [2.24, 2.45) is 5.92 Å². The molecule has 1 heterocycles. The SMILES string of the molecule is CC(C)C(NC(=O)Cn1c(-c2ccccc2)ccc(N)c1=O)C(O[Si](C)(C)C(C)(C)C)C(F)(F)C(=O)NCCc1ccccc1. The van der Waals surface area contributed by atoms with Gasteiger partial charge in [0.25, 0.3) is 11.5 Å². The van der Waals surface area contributed by atoms with E-state index in [1.807, 2.05) is 70.3 Å². The van der Waals surface area contributed by atoms with Gasteiger partial charge in [0.05, 0.1) is 17.4 Å². The van der Waals surface area contributed by atoms with Gasteiger partial charge >= 0.3 is 5.92 Å². The topological polar surface area (TPSA) is 115 Å². The molecule has 0 bridgehead atoms. The Morgan fingerprint density at radius 1 is 0.956 bits per heavy atom. The van der Waals surface area contributed by atoms with Crippen molar-refractivity contribution < 1.29 is 22.8 Å². The number of nitrogens with two attached hydrogens (primary N) is 1. The molecule has 3 rings (SSSR count). The number of amides is 2. The smallest absolute Gasteiger partial charge is 0.350 e. The second-order valence-electron chi connectivity index (χ2n) is 13.2. The largest absolute Gasteiger partial charge is 0.405 e. The molecule has 2 atom stereocenters. The molecule has 0 radical (unpaired) electrons. The number of nitrogen functional groups attached to an aromatic ring is 1. The maximum Gasteiger partial charge on any atom is 0.350 e. The molecule has 1 aromatic heterocycles. The number of alkyl halides is 2. The number of nitrogens with one attached hydrogen (secondary N) is 2. The normalized spacial score (nSPS) is 13.7. The van der Waals surface area contributed by atoms with Gasteiger partial charge in [-0.25, -0.2) is 0 Å². The summed E-state index contributed by atoms with van der Waals surface area (Å²) in [6, 6.07) is 20.1. The minimum atomic E-state index is -3.99. The van der Waals surface area contributed by atoms with Crippen LogP contribution in [0.2, 0.25) is 18.1 Å². The summed E-state index contributed by atoms with van der Waals surface area (Å²) in [6.45, 7) is 12.3. The number of hydrogen-bond donors (Lipinski definition) is 3. The molecule has 0 saturated heterocycles. The monoisotopic (exact) mass is 640 g/mol. The molecule has 11 heteroatoms. The van der Waals surface area contributed by atoms with Crippen molar-refractivity contribution in [3.63, 3.8) is 0 Å². The summed E-state index contributed by atoms with van der Waals surface area (Å²) in [7, 11) is -2.89. The highest BCUT2D eigenvalue weighted by atomic mass is 28.4. The van der Waals surface area contributed by atoms with E-state index in [2.05, 4.69) is 10.6 Å². The number of hydrogen-bond acceptors (Lipinski definition) is 5. The second-order valence-corrected chi connectivity index (χ2v) is 17.9. The van der Waals surface area contributed by atoms with Crippen molar-refractivity contribution in [2.45, 2.75) is 83.8 Å². The molecule has 3 aromatic rings. The summed E-state index contributed by atoms with van der Waals surface area (Å²) in [5.41, 5.74) is 7.29.